The number of methoxy groups -OCH3 is 1. The summed E-state index contributed by atoms with van der Waals surface area (Å²) in [5.41, 5.74) is 2.89. The maximum absolute atomic E-state index is 10.7. The summed E-state index contributed by atoms with van der Waals surface area (Å²) in [6.45, 7) is 5.99. The average molecular weight is 206 g/mol. The molecule has 0 aromatic heterocycles. The van der Waals surface area contributed by atoms with E-state index in [1.165, 1.54) is 12.7 Å². The van der Waals surface area contributed by atoms with Crippen molar-refractivity contribution in [2.24, 2.45) is 0 Å². The Kier molecular flexibility index (Phi) is 3.92. The molecule has 0 aliphatic heterocycles. The van der Waals surface area contributed by atoms with Gasteiger partial charge in [-0.2, -0.15) is 0 Å². The van der Waals surface area contributed by atoms with Crippen molar-refractivity contribution in [3.05, 3.63) is 42.0 Å². The Morgan fingerprint density at radius 1 is 1.33 bits per heavy atom. The van der Waals surface area contributed by atoms with Gasteiger partial charge in [0.15, 0.2) is 0 Å². The maximum atomic E-state index is 10.7. The van der Waals surface area contributed by atoms with Gasteiger partial charge >= 0.3 is 6.16 Å². The number of hydrogen-bond donors (Lipinski definition) is 0. The molecule has 0 aliphatic carbocycles. The molecule has 80 valence electrons. The first-order valence-electron chi connectivity index (χ1n) is 4.59. The third-order valence-corrected chi connectivity index (χ3v) is 1.99. The summed E-state index contributed by atoms with van der Waals surface area (Å²) in [4.78, 5) is 10.7. The van der Waals surface area contributed by atoms with Crippen molar-refractivity contribution in [2.75, 3.05) is 13.7 Å². The molecule has 0 unspecified atom stereocenters. The smallest absolute Gasteiger partial charge is 0.438 e. The molecule has 3 heteroatoms. The summed E-state index contributed by atoms with van der Waals surface area (Å²) < 4.78 is 9.13. The first kappa shape index (κ1) is 11.3. The molecule has 0 atom stereocenters. The van der Waals surface area contributed by atoms with Gasteiger partial charge < -0.3 is 9.47 Å². The minimum absolute atomic E-state index is 0.149. The summed E-state index contributed by atoms with van der Waals surface area (Å²) in [5, 5.41) is 0. The Bertz CT molecular complexity index is 352. The Balaban J connectivity index is 2.54. The Hall–Kier alpha value is -1.77. The number of benzene rings is 1. The predicted octanol–water partition coefficient (Wildman–Crippen LogP) is 2.79. The number of hydrogen-bond acceptors (Lipinski definition) is 3. The van der Waals surface area contributed by atoms with Crippen LogP contribution in [0.5, 0.6) is 0 Å². The summed E-state index contributed by atoms with van der Waals surface area (Å²) >= 11 is 0. The van der Waals surface area contributed by atoms with Crippen LogP contribution in [-0.4, -0.2) is 19.9 Å². The third kappa shape index (κ3) is 3.46. The lowest BCUT2D eigenvalue weighted by molar-refractivity contribution is 0.0833. The molecule has 0 amide bonds. The first-order chi connectivity index (χ1) is 7.13. The lowest BCUT2D eigenvalue weighted by Crippen LogP contribution is -2.06. The molecule has 15 heavy (non-hydrogen) atoms. The molecular weight excluding hydrogens is 192 g/mol. The van der Waals surface area contributed by atoms with Crippen LogP contribution in [-0.2, 0) is 9.47 Å². The summed E-state index contributed by atoms with van der Waals surface area (Å²) in [7, 11) is 1.27. The van der Waals surface area contributed by atoms with Crippen LogP contribution in [0.1, 0.15) is 11.1 Å². The van der Waals surface area contributed by atoms with E-state index >= 15 is 0 Å². The van der Waals surface area contributed by atoms with Crippen molar-refractivity contribution in [1.82, 2.24) is 0 Å². The highest BCUT2D eigenvalue weighted by atomic mass is 16.7. The molecule has 0 N–H and O–H groups in total. The number of ether oxygens (including phenoxy) is 2. The lowest BCUT2D eigenvalue weighted by Gasteiger charge is -2.06. The van der Waals surface area contributed by atoms with E-state index in [1.54, 1.807) is 0 Å². The molecule has 1 rings (SSSR count). The molecule has 0 saturated heterocycles. The molecule has 0 heterocycles. The SMILES string of the molecule is C=C(COC(=O)OC)c1ccc(C)cc1. The topological polar surface area (TPSA) is 35.5 Å². The Labute approximate surface area is 89.3 Å². The van der Waals surface area contributed by atoms with E-state index in [4.69, 9.17) is 4.74 Å². The second-order valence-corrected chi connectivity index (χ2v) is 3.21. The van der Waals surface area contributed by atoms with Crippen LogP contribution < -0.4 is 0 Å². The molecule has 3 nitrogen and oxygen atoms in total. The van der Waals surface area contributed by atoms with Gasteiger partial charge in [0, 0.05) is 0 Å². The van der Waals surface area contributed by atoms with Gasteiger partial charge in [-0.25, -0.2) is 4.79 Å². The molecule has 0 aliphatic rings. The summed E-state index contributed by atoms with van der Waals surface area (Å²) in [5.74, 6) is 0. The van der Waals surface area contributed by atoms with Crippen LogP contribution in [0.3, 0.4) is 0 Å². The van der Waals surface area contributed by atoms with Gasteiger partial charge in [-0.3, -0.25) is 0 Å². The molecule has 0 bridgehead atoms. The molecule has 1 aromatic carbocycles. The van der Waals surface area contributed by atoms with Gasteiger partial charge in [0.2, 0.25) is 0 Å². The van der Waals surface area contributed by atoms with E-state index in [0.717, 1.165) is 11.1 Å². The minimum atomic E-state index is -0.691. The second kappa shape index (κ2) is 5.20. The Morgan fingerprint density at radius 2 is 1.93 bits per heavy atom. The van der Waals surface area contributed by atoms with Crippen molar-refractivity contribution in [3.8, 4) is 0 Å². The van der Waals surface area contributed by atoms with E-state index in [0.29, 0.717) is 0 Å². The van der Waals surface area contributed by atoms with E-state index in [9.17, 15) is 4.79 Å². The summed E-state index contributed by atoms with van der Waals surface area (Å²) in [6, 6.07) is 7.86. The quantitative estimate of drug-likeness (QED) is 0.713. The van der Waals surface area contributed by atoms with Crippen molar-refractivity contribution in [3.63, 3.8) is 0 Å². The number of rotatable bonds is 3. The Morgan fingerprint density at radius 3 is 2.47 bits per heavy atom. The highest BCUT2D eigenvalue weighted by molar-refractivity contribution is 5.67. The first-order valence-corrected chi connectivity index (χ1v) is 4.59. The van der Waals surface area contributed by atoms with E-state index < -0.39 is 6.16 Å². The summed E-state index contributed by atoms with van der Waals surface area (Å²) in [6.07, 6.45) is -0.691. The fourth-order valence-corrected chi connectivity index (χ4v) is 1.08. The van der Waals surface area contributed by atoms with Crippen molar-refractivity contribution in [1.29, 1.82) is 0 Å². The van der Waals surface area contributed by atoms with Crippen LogP contribution >= 0.6 is 0 Å². The van der Waals surface area contributed by atoms with E-state index in [1.807, 2.05) is 31.2 Å². The van der Waals surface area contributed by atoms with Gasteiger partial charge in [0.25, 0.3) is 0 Å². The van der Waals surface area contributed by atoms with Crippen LogP contribution in [0, 0.1) is 6.92 Å². The van der Waals surface area contributed by atoms with Gasteiger partial charge in [-0.15, -0.1) is 0 Å². The maximum Gasteiger partial charge on any atom is 0.508 e. The fraction of sp³-hybridized carbons (Fsp3) is 0.250. The zero-order chi connectivity index (χ0) is 11.3. The second-order valence-electron chi connectivity index (χ2n) is 3.21. The van der Waals surface area contributed by atoms with Crippen LogP contribution in [0.2, 0.25) is 0 Å². The number of carbonyl (C=O) groups excluding carboxylic acids is 1. The van der Waals surface area contributed by atoms with Crippen molar-refractivity contribution < 1.29 is 14.3 Å². The number of aryl methyl sites for hydroxylation is 1. The van der Waals surface area contributed by atoms with Crippen molar-refractivity contribution >= 4 is 11.7 Å². The molecular formula is C12H14O3. The minimum Gasteiger partial charge on any atom is -0.438 e. The monoisotopic (exact) mass is 206 g/mol. The molecule has 0 fully saturated rings. The van der Waals surface area contributed by atoms with Crippen LogP contribution in [0.4, 0.5) is 4.79 Å². The van der Waals surface area contributed by atoms with Gasteiger partial charge in [0.1, 0.15) is 6.61 Å². The lowest BCUT2D eigenvalue weighted by atomic mass is 10.1. The van der Waals surface area contributed by atoms with E-state index in [-0.39, 0.29) is 6.61 Å². The number of carbonyl (C=O) groups is 1. The molecule has 0 radical (unpaired) electrons. The zero-order valence-electron chi connectivity index (χ0n) is 8.95. The van der Waals surface area contributed by atoms with Crippen LogP contribution in [0.25, 0.3) is 5.57 Å². The highest BCUT2D eigenvalue weighted by Gasteiger charge is 2.03. The highest BCUT2D eigenvalue weighted by Crippen LogP contribution is 2.13. The van der Waals surface area contributed by atoms with Crippen LogP contribution in [0.15, 0.2) is 30.8 Å². The fourth-order valence-electron chi connectivity index (χ4n) is 1.08. The van der Waals surface area contributed by atoms with Gasteiger partial charge in [-0.1, -0.05) is 36.4 Å². The normalized spacial score (nSPS) is 9.47. The zero-order valence-corrected chi connectivity index (χ0v) is 8.95. The predicted molar refractivity (Wildman–Crippen MR) is 58.6 cm³/mol. The molecule has 0 saturated carbocycles. The third-order valence-electron chi connectivity index (χ3n) is 1.99. The van der Waals surface area contributed by atoms with Crippen molar-refractivity contribution in [2.45, 2.75) is 6.92 Å². The van der Waals surface area contributed by atoms with E-state index in [2.05, 4.69) is 11.3 Å². The molecule has 1 aromatic rings. The molecule has 0 spiro atoms. The van der Waals surface area contributed by atoms with Gasteiger partial charge in [-0.05, 0) is 18.1 Å². The average Bonchev–Trinajstić information content (AvgIpc) is 2.26. The standard InChI is InChI=1S/C12H14O3/c1-9-4-6-11(7-5-9)10(2)8-15-12(13)14-3/h4-7H,2,8H2,1,3H3. The van der Waals surface area contributed by atoms with Gasteiger partial charge in [0.05, 0.1) is 7.11 Å². The largest absolute Gasteiger partial charge is 0.508 e.